The van der Waals surface area contributed by atoms with Gasteiger partial charge in [-0.2, -0.15) is 13.2 Å². The minimum Gasteiger partial charge on any atom is -0.393 e. The highest BCUT2D eigenvalue weighted by Gasteiger charge is 2.43. The predicted octanol–water partition coefficient (Wildman–Crippen LogP) is 0.924. The molecule has 0 saturated carbocycles. The number of aliphatic hydroxyl groups is 1. The molecule has 8 heteroatoms. The molecule has 1 rings (SSSR count). The van der Waals surface area contributed by atoms with Crippen molar-refractivity contribution >= 4 is 17.2 Å². The van der Waals surface area contributed by atoms with Gasteiger partial charge in [-0.05, 0) is 7.05 Å². The van der Waals surface area contributed by atoms with E-state index in [9.17, 15) is 18.3 Å². The van der Waals surface area contributed by atoms with Gasteiger partial charge in [0.15, 0.2) is 0 Å². The molecule has 1 aliphatic rings. The van der Waals surface area contributed by atoms with Crippen LogP contribution in [0.5, 0.6) is 0 Å². The molecular weight excluding hydrogens is 281 g/mol. The van der Waals surface area contributed by atoms with E-state index in [1.807, 2.05) is 0 Å². The Morgan fingerprint density at radius 2 is 2.00 bits per heavy atom. The summed E-state index contributed by atoms with van der Waals surface area (Å²) in [5, 5.41) is 10.2. The van der Waals surface area contributed by atoms with Crippen LogP contribution in [0.1, 0.15) is 12.8 Å². The van der Waals surface area contributed by atoms with E-state index in [4.69, 9.17) is 10.5 Å². The molecule has 1 fully saturated rings. The highest BCUT2D eigenvalue weighted by molar-refractivity contribution is 7.80. The average Bonchev–Trinajstić information content (AvgIpc) is 2.24. The first-order chi connectivity index (χ1) is 8.64. The molecular formula is C11H19F3N2O2S. The fraction of sp³-hybridized carbons (Fsp3) is 0.909. The van der Waals surface area contributed by atoms with Crippen molar-refractivity contribution in [2.45, 2.75) is 24.6 Å². The van der Waals surface area contributed by atoms with Crippen LogP contribution < -0.4 is 5.73 Å². The van der Waals surface area contributed by atoms with Crippen molar-refractivity contribution in [3.05, 3.63) is 0 Å². The van der Waals surface area contributed by atoms with Crippen LogP contribution in [0.4, 0.5) is 13.2 Å². The number of rotatable bonds is 5. The molecule has 1 unspecified atom stereocenters. The zero-order chi connectivity index (χ0) is 14.7. The summed E-state index contributed by atoms with van der Waals surface area (Å²) in [7, 11) is 1.52. The lowest BCUT2D eigenvalue weighted by Crippen LogP contribution is -2.49. The second kappa shape index (κ2) is 6.34. The first kappa shape index (κ1) is 16.6. The first-order valence-corrected chi connectivity index (χ1v) is 6.39. The van der Waals surface area contributed by atoms with E-state index in [-0.39, 0.29) is 13.1 Å². The van der Waals surface area contributed by atoms with Gasteiger partial charge in [0, 0.05) is 39.1 Å². The topological polar surface area (TPSA) is 58.7 Å². The lowest BCUT2D eigenvalue weighted by Gasteiger charge is -2.36. The molecule has 0 aromatic rings. The summed E-state index contributed by atoms with van der Waals surface area (Å²) in [5.74, 6) is -1.85. The maximum absolute atomic E-state index is 12.7. The number of thiocarbonyl (C=S) groups is 1. The van der Waals surface area contributed by atoms with E-state index in [0.29, 0.717) is 26.1 Å². The number of hydrogen-bond donors (Lipinski definition) is 2. The van der Waals surface area contributed by atoms with Crippen molar-refractivity contribution in [2.24, 2.45) is 11.7 Å². The Hall–Kier alpha value is -0.440. The summed E-state index contributed by atoms with van der Waals surface area (Å²) in [6.45, 7) is 0.637. The lowest BCUT2D eigenvalue weighted by atomic mass is 9.93. The summed E-state index contributed by atoms with van der Waals surface area (Å²) in [4.78, 5) is 0.848. The van der Waals surface area contributed by atoms with E-state index in [2.05, 4.69) is 12.2 Å². The van der Waals surface area contributed by atoms with Crippen LogP contribution in [-0.4, -0.2) is 60.1 Å². The SMILES string of the molecule is CN(CC(C(N)=S)C(F)(F)F)CC1(O)CCOCC1. The van der Waals surface area contributed by atoms with Gasteiger partial charge in [-0.15, -0.1) is 0 Å². The number of hydrogen-bond acceptors (Lipinski definition) is 4. The van der Waals surface area contributed by atoms with Crippen molar-refractivity contribution in [1.82, 2.24) is 4.90 Å². The normalized spacial score (nSPS) is 21.4. The number of ether oxygens (including phenoxy) is 1. The summed E-state index contributed by atoms with van der Waals surface area (Å²) in [5.41, 5.74) is 4.14. The van der Waals surface area contributed by atoms with Gasteiger partial charge < -0.3 is 20.5 Å². The second-order valence-electron chi connectivity index (χ2n) is 5.03. The van der Waals surface area contributed by atoms with Gasteiger partial charge in [-0.25, -0.2) is 0 Å². The van der Waals surface area contributed by atoms with E-state index in [0.717, 1.165) is 0 Å². The van der Waals surface area contributed by atoms with E-state index >= 15 is 0 Å². The Labute approximate surface area is 115 Å². The van der Waals surface area contributed by atoms with E-state index in [1.54, 1.807) is 0 Å². The van der Waals surface area contributed by atoms with Crippen LogP contribution in [0.15, 0.2) is 0 Å². The molecule has 0 bridgehead atoms. The zero-order valence-corrected chi connectivity index (χ0v) is 11.6. The van der Waals surface area contributed by atoms with E-state index in [1.165, 1.54) is 11.9 Å². The first-order valence-electron chi connectivity index (χ1n) is 5.99. The third kappa shape index (κ3) is 5.21. The van der Waals surface area contributed by atoms with Gasteiger partial charge in [0.2, 0.25) is 0 Å². The molecule has 0 radical (unpaired) electrons. The Bertz CT molecular complexity index is 320. The molecule has 1 heterocycles. The second-order valence-corrected chi connectivity index (χ2v) is 5.50. The molecule has 1 saturated heterocycles. The van der Waals surface area contributed by atoms with Crippen LogP contribution in [0.3, 0.4) is 0 Å². The van der Waals surface area contributed by atoms with Crippen LogP contribution in [-0.2, 0) is 4.74 Å². The van der Waals surface area contributed by atoms with Gasteiger partial charge in [0.05, 0.1) is 10.6 Å². The Morgan fingerprint density at radius 1 is 1.47 bits per heavy atom. The van der Waals surface area contributed by atoms with Gasteiger partial charge in [0.25, 0.3) is 0 Å². The molecule has 0 aliphatic carbocycles. The molecule has 4 nitrogen and oxygen atoms in total. The van der Waals surface area contributed by atoms with Crippen molar-refractivity contribution in [1.29, 1.82) is 0 Å². The molecule has 112 valence electrons. The third-order valence-corrected chi connectivity index (χ3v) is 3.51. The molecule has 0 aromatic carbocycles. The number of halogens is 3. The Kier molecular flexibility index (Phi) is 5.54. The summed E-state index contributed by atoms with van der Waals surface area (Å²) < 4.78 is 43.3. The standard InChI is InChI=1S/C11H19F3N2O2S/c1-16(6-8(9(15)19)11(12,13)14)7-10(17)2-4-18-5-3-10/h8,17H,2-7H2,1H3,(H2,15,19). The van der Waals surface area contributed by atoms with Crippen LogP contribution >= 0.6 is 12.2 Å². The summed E-state index contributed by atoms with van der Waals surface area (Å²) in [6, 6.07) is 0. The Morgan fingerprint density at radius 3 is 2.42 bits per heavy atom. The number of nitrogens with zero attached hydrogens (tertiary/aromatic N) is 1. The molecule has 0 spiro atoms. The van der Waals surface area contributed by atoms with Crippen LogP contribution in [0, 0.1) is 5.92 Å². The highest BCUT2D eigenvalue weighted by Crippen LogP contribution is 2.28. The molecule has 19 heavy (non-hydrogen) atoms. The quantitative estimate of drug-likeness (QED) is 0.740. The monoisotopic (exact) mass is 300 g/mol. The smallest absolute Gasteiger partial charge is 0.393 e. The number of alkyl halides is 3. The van der Waals surface area contributed by atoms with Gasteiger partial charge in [0.1, 0.15) is 5.92 Å². The maximum Gasteiger partial charge on any atom is 0.399 e. The lowest BCUT2D eigenvalue weighted by molar-refractivity contribution is -0.161. The third-order valence-electron chi connectivity index (χ3n) is 3.22. The Balaban J connectivity index is 2.57. The van der Waals surface area contributed by atoms with Crippen molar-refractivity contribution in [3.8, 4) is 0 Å². The fourth-order valence-corrected chi connectivity index (χ4v) is 2.35. The van der Waals surface area contributed by atoms with Gasteiger partial charge in [-0.1, -0.05) is 12.2 Å². The van der Waals surface area contributed by atoms with E-state index < -0.39 is 22.7 Å². The minimum atomic E-state index is -4.46. The largest absolute Gasteiger partial charge is 0.399 e. The maximum atomic E-state index is 12.7. The minimum absolute atomic E-state index is 0.144. The fourth-order valence-electron chi connectivity index (χ4n) is 2.14. The highest BCUT2D eigenvalue weighted by atomic mass is 32.1. The van der Waals surface area contributed by atoms with Crippen molar-refractivity contribution in [3.63, 3.8) is 0 Å². The molecule has 0 aromatic heterocycles. The molecule has 0 amide bonds. The molecule has 1 aliphatic heterocycles. The van der Waals surface area contributed by atoms with Gasteiger partial charge >= 0.3 is 6.18 Å². The average molecular weight is 300 g/mol. The van der Waals surface area contributed by atoms with Gasteiger partial charge in [-0.3, -0.25) is 0 Å². The van der Waals surface area contributed by atoms with Crippen molar-refractivity contribution in [2.75, 3.05) is 33.4 Å². The number of nitrogens with two attached hydrogens (primary N) is 1. The number of likely N-dealkylation sites (N-methyl/N-ethyl adjacent to an activating group) is 1. The van der Waals surface area contributed by atoms with Crippen LogP contribution in [0.25, 0.3) is 0 Å². The molecule has 1 atom stereocenters. The van der Waals surface area contributed by atoms with Crippen LogP contribution in [0.2, 0.25) is 0 Å². The zero-order valence-electron chi connectivity index (χ0n) is 10.7. The molecule has 3 N–H and O–H groups in total. The summed E-state index contributed by atoms with van der Waals surface area (Å²) in [6.07, 6.45) is -3.62. The van der Waals surface area contributed by atoms with Crippen molar-refractivity contribution < 1.29 is 23.0 Å². The summed E-state index contributed by atoms with van der Waals surface area (Å²) >= 11 is 4.46. The predicted molar refractivity (Wildman–Crippen MR) is 68.8 cm³/mol.